The molecular formula is C21H18FIN2O3S. The number of amides is 1. The summed E-state index contributed by atoms with van der Waals surface area (Å²) in [5, 5.41) is 2.74. The van der Waals surface area contributed by atoms with Gasteiger partial charge in [-0.25, -0.2) is 12.8 Å². The molecule has 0 bridgehead atoms. The van der Waals surface area contributed by atoms with E-state index in [2.05, 4.69) is 32.6 Å². The molecule has 3 aromatic carbocycles. The van der Waals surface area contributed by atoms with Crippen molar-refractivity contribution >= 4 is 44.2 Å². The Morgan fingerprint density at radius 2 is 1.55 bits per heavy atom. The van der Waals surface area contributed by atoms with Crippen molar-refractivity contribution in [3.63, 3.8) is 0 Å². The van der Waals surface area contributed by atoms with Crippen LogP contribution >= 0.6 is 22.6 Å². The molecule has 0 aromatic heterocycles. The van der Waals surface area contributed by atoms with Gasteiger partial charge in [0.15, 0.2) is 0 Å². The summed E-state index contributed by atoms with van der Waals surface area (Å²) in [6.45, 7) is 0. The zero-order chi connectivity index (χ0) is 20.9. The van der Waals surface area contributed by atoms with Gasteiger partial charge in [0.25, 0.3) is 0 Å². The number of carbonyl (C=O) groups excluding carboxylic acids is 1. The highest BCUT2D eigenvalue weighted by molar-refractivity contribution is 14.1. The van der Waals surface area contributed by atoms with Gasteiger partial charge in [0, 0.05) is 9.26 Å². The Kier molecular flexibility index (Phi) is 6.99. The molecule has 0 heterocycles. The molecule has 0 aliphatic rings. The second-order valence-electron chi connectivity index (χ2n) is 6.31. The van der Waals surface area contributed by atoms with Crippen molar-refractivity contribution in [2.24, 2.45) is 0 Å². The van der Waals surface area contributed by atoms with E-state index in [-0.39, 0.29) is 11.3 Å². The van der Waals surface area contributed by atoms with E-state index in [9.17, 15) is 17.6 Å². The van der Waals surface area contributed by atoms with Gasteiger partial charge >= 0.3 is 0 Å². The third-order valence-electron chi connectivity index (χ3n) is 4.13. The summed E-state index contributed by atoms with van der Waals surface area (Å²) in [5.74, 6) is -1.03. The fourth-order valence-electron chi connectivity index (χ4n) is 2.67. The third-order valence-corrected chi connectivity index (χ3v) is 6.34. The molecule has 0 aliphatic heterocycles. The molecule has 0 aliphatic carbocycles. The van der Waals surface area contributed by atoms with Crippen LogP contribution in [0.4, 0.5) is 10.1 Å². The zero-order valence-corrected chi connectivity index (χ0v) is 18.2. The number of sulfonamides is 1. The average Bonchev–Trinajstić information content (AvgIpc) is 2.70. The van der Waals surface area contributed by atoms with Crippen molar-refractivity contribution in [1.82, 2.24) is 4.72 Å². The van der Waals surface area contributed by atoms with Gasteiger partial charge in [-0.05, 0) is 83.1 Å². The molecule has 8 heteroatoms. The van der Waals surface area contributed by atoms with Gasteiger partial charge in [0.2, 0.25) is 15.9 Å². The molecule has 1 atom stereocenters. The number of hydrogen-bond donors (Lipinski definition) is 2. The monoisotopic (exact) mass is 524 g/mol. The van der Waals surface area contributed by atoms with Crippen LogP contribution in [0, 0.1) is 9.39 Å². The van der Waals surface area contributed by atoms with Crippen molar-refractivity contribution in [3.8, 4) is 0 Å². The Bertz CT molecular complexity index is 1070. The summed E-state index contributed by atoms with van der Waals surface area (Å²) >= 11 is 2.15. The summed E-state index contributed by atoms with van der Waals surface area (Å²) in [6.07, 6.45) is 0.164. The fraction of sp³-hybridized carbons (Fsp3) is 0.0952. The van der Waals surface area contributed by atoms with Crippen LogP contribution in [0.5, 0.6) is 0 Å². The van der Waals surface area contributed by atoms with Crippen LogP contribution in [0.15, 0.2) is 83.8 Å². The Labute approximate surface area is 182 Å². The number of carbonyl (C=O) groups is 1. The number of anilines is 1. The minimum absolute atomic E-state index is 0.112. The maximum atomic E-state index is 13.1. The van der Waals surface area contributed by atoms with Crippen LogP contribution in [0.25, 0.3) is 0 Å². The summed E-state index contributed by atoms with van der Waals surface area (Å²) in [7, 11) is -4.02. The van der Waals surface area contributed by atoms with E-state index < -0.39 is 27.8 Å². The van der Waals surface area contributed by atoms with Crippen molar-refractivity contribution in [1.29, 1.82) is 0 Å². The van der Waals surface area contributed by atoms with Crippen LogP contribution in [-0.4, -0.2) is 20.4 Å². The lowest BCUT2D eigenvalue weighted by Crippen LogP contribution is -2.45. The van der Waals surface area contributed by atoms with E-state index in [0.29, 0.717) is 5.69 Å². The zero-order valence-electron chi connectivity index (χ0n) is 15.2. The van der Waals surface area contributed by atoms with Gasteiger partial charge in [-0.2, -0.15) is 4.72 Å². The first-order valence-electron chi connectivity index (χ1n) is 8.72. The van der Waals surface area contributed by atoms with Gasteiger partial charge in [-0.3, -0.25) is 4.79 Å². The molecule has 3 aromatic rings. The molecule has 0 saturated heterocycles. The lowest BCUT2D eigenvalue weighted by atomic mass is 10.1. The number of hydrogen-bond acceptors (Lipinski definition) is 3. The first-order chi connectivity index (χ1) is 13.8. The van der Waals surface area contributed by atoms with Crippen LogP contribution < -0.4 is 10.0 Å². The highest BCUT2D eigenvalue weighted by atomic mass is 127. The lowest BCUT2D eigenvalue weighted by Gasteiger charge is -2.19. The van der Waals surface area contributed by atoms with Crippen molar-refractivity contribution in [3.05, 3.63) is 93.8 Å². The maximum Gasteiger partial charge on any atom is 0.242 e. The fourth-order valence-corrected chi connectivity index (χ4v) is 4.22. The molecule has 0 saturated carbocycles. The molecular weight excluding hydrogens is 506 g/mol. The Hall–Kier alpha value is -2.30. The second-order valence-corrected chi connectivity index (χ2v) is 9.27. The van der Waals surface area contributed by atoms with Crippen molar-refractivity contribution < 1.29 is 17.6 Å². The third kappa shape index (κ3) is 6.09. The number of benzene rings is 3. The molecule has 0 spiro atoms. The van der Waals surface area contributed by atoms with Gasteiger partial charge in [0.05, 0.1) is 4.90 Å². The van der Waals surface area contributed by atoms with Crippen LogP contribution in [0.3, 0.4) is 0 Å². The van der Waals surface area contributed by atoms with Crippen LogP contribution in [0.2, 0.25) is 0 Å². The number of nitrogens with one attached hydrogen (secondary N) is 2. The summed E-state index contributed by atoms with van der Waals surface area (Å²) < 4.78 is 42.1. The minimum Gasteiger partial charge on any atom is -0.325 e. The summed E-state index contributed by atoms with van der Waals surface area (Å²) in [6, 6.07) is 19.7. The normalized spacial score (nSPS) is 12.3. The first-order valence-corrected chi connectivity index (χ1v) is 11.3. The molecule has 3 rings (SSSR count). The average molecular weight is 524 g/mol. The molecule has 5 nitrogen and oxygen atoms in total. The molecule has 1 amide bonds. The lowest BCUT2D eigenvalue weighted by molar-refractivity contribution is -0.117. The Balaban J connectivity index is 1.84. The Morgan fingerprint density at radius 3 is 2.17 bits per heavy atom. The SMILES string of the molecule is O=C(Nc1ccc(I)cc1)[C@@H](Cc1ccccc1)NS(=O)(=O)c1ccc(F)cc1. The minimum atomic E-state index is -4.02. The second kappa shape index (κ2) is 9.47. The summed E-state index contributed by atoms with van der Waals surface area (Å²) in [5.41, 5.74) is 1.37. The van der Waals surface area contributed by atoms with Crippen LogP contribution in [0.1, 0.15) is 5.56 Å². The topological polar surface area (TPSA) is 75.3 Å². The van der Waals surface area contributed by atoms with E-state index in [1.807, 2.05) is 42.5 Å². The van der Waals surface area contributed by atoms with Gasteiger partial charge < -0.3 is 5.32 Å². The van der Waals surface area contributed by atoms with Crippen LogP contribution in [-0.2, 0) is 21.2 Å². The highest BCUT2D eigenvalue weighted by Crippen LogP contribution is 2.15. The van der Waals surface area contributed by atoms with E-state index in [1.54, 1.807) is 12.1 Å². The molecule has 150 valence electrons. The van der Waals surface area contributed by atoms with E-state index in [1.165, 1.54) is 0 Å². The van der Waals surface area contributed by atoms with E-state index in [4.69, 9.17) is 0 Å². The van der Waals surface area contributed by atoms with Gasteiger partial charge in [-0.15, -0.1) is 0 Å². The van der Waals surface area contributed by atoms with Gasteiger partial charge in [0.1, 0.15) is 11.9 Å². The van der Waals surface area contributed by atoms with Crippen molar-refractivity contribution in [2.75, 3.05) is 5.32 Å². The largest absolute Gasteiger partial charge is 0.325 e. The highest BCUT2D eigenvalue weighted by Gasteiger charge is 2.26. The Morgan fingerprint density at radius 1 is 0.931 bits per heavy atom. The molecule has 0 fully saturated rings. The number of halogens is 2. The van der Waals surface area contributed by atoms with E-state index in [0.717, 1.165) is 33.4 Å². The number of rotatable bonds is 7. The predicted molar refractivity (Wildman–Crippen MR) is 118 cm³/mol. The van der Waals surface area contributed by atoms with Crippen molar-refractivity contribution in [2.45, 2.75) is 17.4 Å². The van der Waals surface area contributed by atoms with E-state index >= 15 is 0 Å². The predicted octanol–water partition coefficient (Wildman–Crippen LogP) is 3.96. The quantitative estimate of drug-likeness (QED) is 0.460. The first kappa shape index (κ1) is 21.4. The summed E-state index contributed by atoms with van der Waals surface area (Å²) in [4.78, 5) is 12.8. The molecule has 0 unspecified atom stereocenters. The van der Waals surface area contributed by atoms with Gasteiger partial charge in [-0.1, -0.05) is 30.3 Å². The molecule has 0 radical (unpaired) electrons. The molecule has 2 N–H and O–H groups in total. The smallest absolute Gasteiger partial charge is 0.242 e. The molecule has 29 heavy (non-hydrogen) atoms. The maximum absolute atomic E-state index is 13.1. The standard InChI is InChI=1S/C21H18FIN2O3S/c22-16-6-12-19(13-7-16)29(27,28)25-20(14-15-4-2-1-3-5-15)21(26)24-18-10-8-17(23)9-11-18/h1-13,20,25H,14H2,(H,24,26)/t20-/m1/s1.